The van der Waals surface area contributed by atoms with Crippen LogP contribution in [0.15, 0.2) is 30.5 Å². The molecule has 1 atom stereocenters. The third-order valence-corrected chi connectivity index (χ3v) is 3.71. The second kappa shape index (κ2) is 6.39. The smallest absolute Gasteiger partial charge is 0.337 e. The maximum Gasteiger partial charge on any atom is 0.337 e. The molecule has 1 unspecified atom stereocenters. The Bertz CT molecular complexity index is 755. The Labute approximate surface area is 137 Å². The summed E-state index contributed by atoms with van der Waals surface area (Å²) in [5.74, 6) is -1.94. The third-order valence-electron chi connectivity index (χ3n) is 3.39. The van der Waals surface area contributed by atoms with E-state index in [1.54, 1.807) is 31.2 Å². The van der Waals surface area contributed by atoms with Gasteiger partial charge in [-0.1, -0.05) is 23.7 Å². The number of para-hydroxylation sites is 1. The number of hydrogen-bond acceptors (Lipinski definition) is 4. The minimum absolute atomic E-state index is 0.270. The zero-order valence-corrected chi connectivity index (χ0v) is 13.3. The van der Waals surface area contributed by atoms with Crippen molar-refractivity contribution in [2.45, 2.75) is 19.4 Å². The van der Waals surface area contributed by atoms with Gasteiger partial charge < -0.3 is 15.5 Å². The summed E-state index contributed by atoms with van der Waals surface area (Å²) < 4.78 is 1.52. The number of nitrogens with zero attached hydrogens (tertiary/aromatic N) is 2. The molecule has 2 aromatic rings. The van der Waals surface area contributed by atoms with E-state index in [9.17, 15) is 14.7 Å². The number of aliphatic carboxylic acids is 1. The SMILES string of the molecule is Cc1c(C(=O)NCC(C)(O)C(=O)O)cnn1-c1ccccc1Cl. The second-order valence-electron chi connectivity index (χ2n) is 5.27. The van der Waals surface area contributed by atoms with Crippen molar-refractivity contribution in [1.82, 2.24) is 15.1 Å². The molecule has 8 heteroatoms. The molecule has 1 heterocycles. The number of aromatic nitrogens is 2. The lowest BCUT2D eigenvalue weighted by atomic mass is 10.1. The molecule has 7 nitrogen and oxygen atoms in total. The molecule has 1 aromatic carbocycles. The van der Waals surface area contributed by atoms with E-state index < -0.39 is 24.0 Å². The molecule has 0 spiro atoms. The van der Waals surface area contributed by atoms with Crippen LogP contribution in [0.5, 0.6) is 0 Å². The van der Waals surface area contributed by atoms with Crippen molar-refractivity contribution < 1.29 is 19.8 Å². The lowest BCUT2D eigenvalue weighted by Crippen LogP contribution is -2.46. The van der Waals surface area contributed by atoms with Gasteiger partial charge in [-0.3, -0.25) is 4.79 Å². The number of rotatable bonds is 5. The largest absolute Gasteiger partial charge is 0.479 e. The second-order valence-corrected chi connectivity index (χ2v) is 5.68. The van der Waals surface area contributed by atoms with Gasteiger partial charge in [0.05, 0.1) is 34.7 Å². The van der Waals surface area contributed by atoms with Crippen molar-refractivity contribution in [3.05, 3.63) is 46.7 Å². The molecular weight excluding hydrogens is 322 g/mol. The number of carboxylic acid groups (broad SMARTS) is 1. The van der Waals surface area contributed by atoms with Crippen molar-refractivity contribution in [2.24, 2.45) is 0 Å². The topological polar surface area (TPSA) is 104 Å². The summed E-state index contributed by atoms with van der Waals surface area (Å²) in [5, 5.41) is 25.5. The van der Waals surface area contributed by atoms with Crippen LogP contribution in [0.1, 0.15) is 23.0 Å². The van der Waals surface area contributed by atoms with Gasteiger partial charge in [0.15, 0.2) is 5.60 Å². The summed E-state index contributed by atoms with van der Waals surface area (Å²) in [4.78, 5) is 23.0. The average molecular weight is 338 g/mol. The van der Waals surface area contributed by atoms with Crippen LogP contribution in [0.25, 0.3) is 5.69 Å². The van der Waals surface area contributed by atoms with Gasteiger partial charge in [-0.25, -0.2) is 9.48 Å². The summed E-state index contributed by atoms with van der Waals surface area (Å²) in [6.07, 6.45) is 1.36. The van der Waals surface area contributed by atoms with E-state index in [0.717, 1.165) is 6.92 Å². The summed E-state index contributed by atoms with van der Waals surface area (Å²) in [6.45, 7) is 2.38. The molecule has 1 amide bonds. The Morgan fingerprint density at radius 2 is 2.04 bits per heavy atom. The van der Waals surface area contributed by atoms with Gasteiger partial charge in [-0.2, -0.15) is 5.10 Å². The quantitative estimate of drug-likeness (QED) is 0.765. The maximum absolute atomic E-state index is 12.2. The van der Waals surface area contributed by atoms with Crippen LogP contribution in [0.4, 0.5) is 0 Å². The van der Waals surface area contributed by atoms with Gasteiger partial charge in [0.25, 0.3) is 5.91 Å². The number of carbonyl (C=O) groups is 2. The number of carboxylic acids is 1. The summed E-state index contributed by atoms with van der Waals surface area (Å²) >= 11 is 6.12. The standard InChI is InChI=1S/C15H16ClN3O4/c1-9-10(13(20)17-8-15(2,23)14(21)22)7-18-19(9)12-6-4-3-5-11(12)16/h3-7,23H,8H2,1-2H3,(H,17,20)(H,21,22). The van der Waals surface area contributed by atoms with Crippen molar-refractivity contribution in [2.75, 3.05) is 6.54 Å². The molecule has 0 aliphatic rings. The molecule has 0 aliphatic heterocycles. The molecule has 1 aromatic heterocycles. The minimum atomic E-state index is -2.04. The number of carbonyl (C=O) groups excluding carboxylic acids is 1. The average Bonchev–Trinajstić information content (AvgIpc) is 2.87. The third kappa shape index (κ3) is 3.52. The van der Waals surface area contributed by atoms with Gasteiger partial charge in [0.1, 0.15) is 0 Å². The van der Waals surface area contributed by atoms with Crippen LogP contribution >= 0.6 is 11.6 Å². The highest BCUT2D eigenvalue weighted by atomic mass is 35.5. The molecule has 23 heavy (non-hydrogen) atoms. The molecule has 0 saturated heterocycles. The monoisotopic (exact) mass is 337 g/mol. The predicted octanol–water partition coefficient (Wildman–Crippen LogP) is 1.40. The Kier molecular flexibility index (Phi) is 4.72. The molecular formula is C15H16ClN3O4. The molecule has 0 radical (unpaired) electrons. The van der Waals surface area contributed by atoms with E-state index in [0.29, 0.717) is 16.4 Å². The number of amides is 1. The van der Waals surface area contributed by atoms with E-state index in [1.807, 2.05) is 0 Å². The van der Waals surface area contributed by atoms with Crippen LogP contribution in [-0.4, -0.2) is 44.0 Å². The van der Waals surface area contributed by atoms with Gasteiger partial charge in [0.2, 0.25) is 0 Å². The predicted molar refractivity (Wildman–Crippen MR) is 83.9 cm³/mol. The summed E-state index contributed by atoms with van der Waals surface area (Å²) in [7, 11) is 0. The Balaban J connectivity index is 2.21. The van der Waals surface area contributed by atoms with Crippen LogP contribution in [0.2, 0.25) is 5.02 Å². The summed E-state index contributed by atoms with van der Waals surface area (Å²) in [5.41, 5.74) is -0.595. The highest BCUT2D eigenvalue weighted by Crippen LogP contribution is 2.22. The minimum Gasteiger partial charge on any atom is -0.479 e. The van der Waals surface area contributed by atoms with E-state index in [4.69, 9.17) is 16.7 Å². The van der Waals surface area contributed by atoms with Crippen LogP contribution in [0.3, 0.4) is 0 Å². The first-order valence-corrected chi connectivity index (χ1v) is 7.15. The van der Waals surface area contributed by atoms with E-state index in [1.165, 1.54) is 10.9 Å². The van der Waals surface area contributed by atoms with E-state index in [2.05, 4.69) is 10.4 Å². The Morgan fingerprint density at radius 3 is 2.65 bits per heavy atom. The van der Waals surface area contributed by atoms with Crippen LogP contribution in [-0.2, 0) is 4.79 Å². The highest BCUT2D eigenvalue weighted by molar-refractivity contribution is 6.32. The van der Waals surface area contributed by atoms with Gasteiger partial charge >= 0.3 is 5.97 Å². The molecule has 0 saturated carbocycles. The fourth-order valence-electron chi connectivity index (χ4n) is 1.92. The number of aliphatic hydroxyl groups is 1. The van der Waals surface area contributed by atoms with Gasteiger partial charge in [-0.15, -0.1) is 0 Å². The zero-order valence-electron chi connectivity index (χ0n) is 12.6. The first-order chi connectivity index (χ1) is 10.7. The van der Waals surface area contributed by atoms with Crippen molar-refractivity contribution in [3.8, 4) is 5.69 Å². The fraction of sp³-hybridized carbons (Fsp3) is 0.267. The maximum atomic E-state index is 12.2. The van der Waals surface area contributed by atoms with E-state index in [-0.39, 0.29) is 5.56 Å². The summed E-state index contributed by atoms with van der Waals surface area (Å²) in [6, 6.07) is 7.06. The van der Waals surface area contributed by atoms with Crippen LogP contribution in [0, 0.1) is 6.92 Å². The normalized spacial score (nSPS) is 13.4. The van der Waals surface area contributed by atoms with Crippen molar-refractivity contribution in [1.29, 1.82) is 0 Å². The first kappa shape index (κ1) is 17.0. The molecule has 3 N–H and O–H groups in total. The number of nitrogens with one attached hydrogen (secondary N) is 1. The fourth-order valence-corrected chi connectivity index (χ4v) is 2.14. The number of benzene rings is 1. The number of hydrogen-bond donors (Lipinski definition) is 3. The Hall–Kier alpha value is -2.38. The van der Waals surface area contributed by atoms with Crippen molar-refractivity contribution in [3.63, 3.8) is 0 Å². The van der Waals surface area contributed by atoms with Crippen molar-refractivity contribution >= 4 is 23.5 Å². The molecule has 2 rings (SSSR count). The molecule has 0 aliphatic carbocycles. The molecule has 122 valence electrons. The van der Waals surface area contributed by atoms with E-state index >= 15 is 0 Å². The van der Waals surface area contributed by atoms with Gasteiger partial charge in [0, 0.05) is 0 Å². The lowest BCUT2D eigenvalue weighted by Gasteiger charge is -2.18. The zero-order chi connectivity index (χ0) is 17.2. The van der Waals surface area contributed by atoms with Gasteiger partial charge in [-0.05, 0) is 26.0 Å². The van der Waals surface area contributed by atoms with Crippen LogP contribution < -0.4 is 5.32 Å². The highest BCUT2D eigenvalue weighted by Gasteiger charge is 2.30. The first-order valence-electron chi connectivity index (χ1n) is 6.77. The number of halogens is 1. The lowest BCUT2D eigenvalue weighted by molar-refractivity contribution is -0.155. The molecule has 0 bridgehead atoms. The molecule has 0 fully saturated rings. The Morgan fingerprint density at radius 1 is 1.39 bits per heavy atom.